The first-order valence-electron chi connectivity index (χ1n) is 6.21. The molecule has 102 valence electrons. The number of aliphatic carboxylic acids is 1. The molecule has 0 aromatic heterocycles. The van der Waals surface area contributed by atoms with Gasteiger partial charge in [0, 0.05) is 6.04 Å². The monoisotopic (exact) mass is 261 g/mol. The van der Waals surface area contributed by atoms with Crippen molar-refractivity contribution < 1.29 is 14.7 Å². The van der Waals surface area contributed by atoms with Crippen molar-refractivity contribution in [1.29, 1.82) is 0 Å². The summed E-state index contributed by atoms with van der Waals surface area (Å²) in [5.41, 5.74) is 0.905. The summed E-state index contributed by atoms with van der Waals surface area (Å²) >= 11 is 0. The van der Waals surface area contributed by atoms with Crippen LogP contribution in [0.2, 0.25) is 0 Å². The third-order valence-electron chi connectivity index (χ3n) is 2.94. The molecule has 1 aromatic rings. The normalized spacial score (nSPS) is 13.3. The van der Waals surface area contributed by atoms with Crippen LogP contribution >= 0.6 is 0 Å². The van der Waals surface area contributed by atoms with E-state index in [4.69, 9.17) is 5.11 Å². The fourth-order valence-corrected chi connectivity index (χ4v) is 1.89. The average Bonchev–Trinajstić information content (AvgIpc) is 2.36. The van der Waals surface area contributed by atoms with Crippen molar-refractivity contribution in [3.63, 3.8) is 0 Å². The predicted molar refractivity (Wildman–Crippen MR) is 73.7 cm³/mol. The number of hydrogen-bond donors (Lipinski definition) is 2. The molecular weight excluding hydrogens is 242 g/mol. The molecule has 0 aliphatic rings. The second kappa shape index (κ2) is 7.36. The molecule has 0 saturated heterocycles. The molecule has 4 heteroatoms. The maximum atomic E-state index is 11.8. The molecule has 0 aliphatic carbocycles. The molecule has 0 fully saturated rings. The minimum Gasteiger partial charge on any atom is -0.481 e. The van der Waals surface area contributed by atoms with Crippen molar-refractivity contribution in [3.8, 4) is 0 Å². The van der Waals surface area contributed by atoms with Crippen molar-refractivity contribution in [3.05, 3.63) is 48.6 Å². The van der Waals surface area contributed by atoms with Crippen LogP contribution in [0.4, 0.5) is 0 Å². The van der Waals surface area contributed by atoms with E-state index in [-0.39, 0.29) is 12.3 Å². The van der Waals surface area contributed by atoms with Gasteiger partial charge in [-0.3, -0.25) is 9.59 Å². The maximum Gasteiger partial charge on any atom is 0.308 e. The van der Waals surface area contributed by atoms with E-state index in [1.165, 1.54) is 0 Å². The number of rotatable bonds is 7. The molecule has 0 bridgehead atoms. The standard InChI is InChI=1S/C15H19NO3/c1-3-7-13(15(18)19)11(2)16-14(17)10-12-8-5-4-6-9-12/h3-6,8-9,11,13H,1,7,10H2,2H3,(H,16,17)(H,18,19)/t11-,13-/m1/s1. The molecule has 19 heavy (non-hydrogen) atoms. The van der Waals surface area contributed by atoms with Crippen LogP contribution in [-0.2, 0) is 16.0 Å². The number of carbonyl (C=O) groups excluding carboxylic acids is 1. The lowest BCUT2D eigenvalue weighted by atomic mass is 9.97. The lowest BCUT2D eigenvalue weighted by Gasteiger charge is -2.20. The van der Waals surface area contributed by atoms with Crippen molar-refractivity contribution in [1.82, 2.24) is 5.32 Å². The van der Waals surface area contributed by atoms with Gasteiger partial charge in [-0.05, 0) is 18.9 Å². The number of benzene rings is 1. The molecule has 0 heterocycles. The first kappa shape index (κ1) is 15.0. The lowest BCUT2D eigenvalue weighted by molar-refractivity contribution is -0.142. The summed E-state index contributed by atoms with van der Waals surface area (Å²) in [6, 6.07) is 8.92. The van der Waals surface area contributed by atoms with E-state index >= 15 is 0 Å². The minimum absolute atomic E-state index is 0.172. The Kier molecular flexibility index (Phi) is 5.79. The Morgan fingerprint density at radius 3 is 2.53 bits per heavy atom. The Morgan fingerprint density at radius 1 is 1.37 bits per heavy atom. The van der Waals surface area contributed by atoms with Gasteiger partial charge in [-0.15, -0.1) is 6.58 Å². The molecule has 1 aromatic carbocycles. The quantitative estimate of drug-likeness (QED) is 0.738. The largest absolute Gasteiger partial charge is 0.481 e. The first-order chi connectivity index (χ1) is 9.04. The Balaban J connectivity index is 2.55. The van der Waals surface area contributed by atoms with Crippen molar-refractivity contribution in [2.75, 3.05) is 0 Å². The highest BCUT2D eigenvalue weighted by Crippen LogP contribution is 2.10. The molecule has 4 nitrogen and oxygen atoms in total. The lowest BCUT2D eigenvalue weighted by Crippen LogP contribution is -2.41. The summed E-state index contributed by atoms with van der Waals surface area (Å²) in [5, 5.41) is 11.8. The molecule has 0 radical (unpaired) electrons. The Morgan fingerprint density at radius 2 is 2.00 bits per heavy atom. The fraction of sp³-hybridized carbons (Fsp3) is 0.333. The van der Waals surface area contributed by atoms with E-state index in [2.05, 4.69) is 11.9 Å². The number of carboxylic acid groups (broad SMARTS) is 1. The zero-order chi connectivity index (χ0) is 14.3. The topological polar surface area (TPSA) is 66.4 Å². The summed E-state index contributed by atoms with van der Waals surface area (Å²) < 4.78 is 0. The van der Waals surface area contributed by atoms with E-state index < -0.39 is 17.9 Å². The van der Waals surface area contributed by atoms with Crippen molar-refractivity contribution in [2.45, 2.75) is 25.8 Å². The number of amides is 1. The molecule has 0 saturated carbocycles. The fourth-order valence-electron chi connectivity index (χ4n) is 1.89. The number of nitrogens with one attached hydrogen (secondary N) is 1. The molecule has 2 N–H and O–H groups in total. The van der Waals surface area contributed by atoms with Gasteiger partial charge < -0.3 is 10.4 Å². The Labute approximate surface area is 113 Å². The van der Waals surface area contributed by atoms with E-state index in [0.717, 1.165) is 5.56 Å². The van der Waals surface area contributed by atoms with Gasteiger partial charge in [-0.1, -0.05) is 36.4 Å². The van der Waals surface area contributed by atoms with Crippen LogP contribution in [-0.4, -0.2) is 23.0 Å². The smallest absolute Gasteiger partial charge is 0.308 e. The first-order valence-corrected chi connectivity index (χ1v) is 6.21. The van der Waals surface area contributed by atoms with Crippen LogP contribution in [0.5, 0.6) is 0 Å². The van der Waals surface area contributed by atoms with Crippen LogP contribution in [0.15, 0.2) is 43.0 Å². The summed E-state index contributed by atoms with van der Waals surface area (Å²) in [7, 11) is 0. The second-order valence-electron chi connectivity index (χ2n) is 4.49. The van der Waals surface area contributed by atoms with Crippen LogP contribution in [0, 0.1) is 5.92 Å². The highest BCUT2D eigenvalue weighted by molar-refractivity contribution is 5.80. The molecule has 0 aliphatic heterocycles. The third-order valence-corrected chi connectivity index (χ3v) is 2.94. The van der Waals surface area contributed by atoms with Gasteiger partial charge in [-0.2, -0.15) is 0 Å². The molecule has 2 atom stereocenters. The zero-order valence-corrected chi connectivity index (χ0v) is 11.0. The van der Waals surface area contributed by atoms with Gasteiger partial charge in [0.1, 0.15) is 0 Å². The SMILES string of the molecule is C=CC[C@@H](C(=O)O)[C@@H](C)NC(=O)Cc1ccccc1. The summed E-state index contributed by atoms with van der Waals surface area (Å²) in [4.78, 5) is 22.9. The molecular formula is C15H19NO3. The van der Waals surface area contributed by atoms with E-state index in [1.807, 2.05) is 30.3 Å². The van der Waals surface area contributed by atoms with E-state index in [0.29, 0.717) is 6.42 Å². The van der Waals surface area contributed by atoms with Gasteiger partial charge in [0.15, 0.2) is 0 Å². The van der Waals surface area contributed by atoms with Gasteiger partial charge in [-0.25, -0.2) is 0 Å². The van der Waals surface area contributed by atoms with Crippen LogP contribution in [0.25, 0.3) is 0 Å². The van der Waals surface area contributed by atoms with Crippen molar-refractivity contribution >= 4 is 11.9 Å². The number of hydrogen-bond acceptors (Lipinski definition) is 2. The highest BCUT2D eigenvalue weighted by Gasteiger charge is 2.24. The predicted octanol–water partition coefficient (Wildman–Crippen LogP) is 2.01. The van der Waals surface area contributed by atoms with E-state index in [1.54, 1.807) is 13.0 Å². The van der Waals surface area contributed by atoms with Crippen LogP contribution < -0.4 is 5.32 Å². The molecule has 0 unspecified atom stereocenters. The highest BCUT2D eigenvalue weighted by atomic mass is 16.4. The van der Waals surface area contributed by atoms with Gasteiger partial charge in [0.05, 0.1) is 12.3 Å². The number of allylic oxidation sites excluding steroid dienone is 1. The maximum absolute atomic E-state index is 11.8. The Bertz CT molecular complexity index is 442. The molecule has 1 amide bonds. The van der Waals surface area contributed by atoms with Crippen molar-refractivity contribution in [2.24, 2.45) is 5.92 Å². The van der Waals surface area contributed by atoms with Crippen LogP contribution in [0.3, 0.4) is 0 Å². The van der Waals surface area contributed by atoms with Gasteiger partial charge >= 0.3 is 5.97 Å². The minimum atomic E-state index is -0.924. The zero-order valence-electron chi connectivity index (χ0n) is 11.0. The van der Waals surface area contributed by atoms with E-state index in [9.17, 15) is 9.59 Å². The number of carbonyl (C=O) groups is 2. The molecule has 0 spiro atoms. The summed E-state index contributed by atoms with van der Waals surface area (Å²) in [5.74, 6) is -1.74. The third kappa shape index (κ3) is 4.95. The molecule has 1 rings (SSSR count). The Hall–Kier alpha value is -2.10. The van der Waals surface area contributed by atoms with Gasteiger partial charge in [0.2, 0.25) is 5.91 Å². The number of carboxylic acids is 1. The summed E-state index contributed by atoms with van der Waals surface area (Å²) in [6.07, 6.45) is 2.15. The summed E-state index contributed by atoms with van der Waals surface area (Å²) in [6.45, 7) is 5.24. The van der Waals surface area contributed by atoms with Gasteiger partial charge in [0.25, 0.3) is 0 Å². The average molecular weight is 261 g/mol. The van der Waals surface area contributed by atoms with Crippen LogP contribution in [0.1, 0.15) is 18.9 Å². The second-order valence-corrected chi connectivity index (χ2v) is 4.49.